The molecule has 1 aliphatic heterocycles. The molecule has 1 fully saturated rings. The normalized spacial score (nSPS) is 17.6. The van der Waals surface area contributed by atoms with E-state index in [-0.39, 0.29) is 0 Å². The number of anilines is 1. The third-order valence-corrected chi connectivity index (χ3v) is 3.96. The SMILES string of the molecule is CC(C)NCc1cnc(N(C)C2CCN(C)CC2)nc1. The summed E-state index contributed by atoms with van der Waals surface area (Å²) in [5.41, 5.74) is 1.14. The van der Waals surface area contributed by atoms with Crippen LogP contribution in [-0.4, -0.2) is 54.1 Å². The fourth-order valence-corrected chi connectivity index (χ4v) is 2.49. The van der Waals surface area contributed by atoms with Gasteiger partial charge in [0.25, 0.3) is 0 Å². The molecule has 1 aliphatic rings. The summed E-state index contributed by atoms with van der Waals surface area (Å²) in [5.74, 6) is 0.841. The van der Waals surface area contributed by atoms with Crippen molar-refractivity contribution < 1.29 is 0 Å². The van der Waals surface area contributed by atoms with E-state index in [1.807, 2.05) is 12.4 Å². The molecule has 1 aromatic rings. The van der Waals surface area contributed by atoms with Crippen molar-refractivity contribution in [3.8, 4) is 0 Å². The highest BCUT2D eigenvalue weighted by Gasteiger charge is 2.22. The predicted octanol–water partition coefficient (Wildman–Crippen LogP) is 1.50. The lowest BCUT2D eigenvalue weighted by molar-refractivity contribution is 0.252. The molecule has 1 saturated heterocycles. The average Bonchev–Trinajstić information content (AvgIpc) is 2.46. The molecule has 0 atom stereocenters. The van der Waals surface area contributed by atoms with Crippen LogP contribution in [0.25, 0.3) is 0 Å². The molecule has 0 saturated carbocycles. The largest absolute Gasteiger partial charge is 0.341 e. The monoisotopic (exact) mass is 277 g/mol. The Balaban J connectivity index is 1.91. The van der Waals surface area contributed by atoms with Crippen molar-refractivity contribution >= 4 is 5.95 Å². The third kappa shape index (κ3) is 4.15. The fourth-order valence-electron chi connectivity index (χ4n) is 2.49. The van der Waals surface area contributed by atoms with Gasteiger partial charge in [0.15, 0.2) is 0 Å². The van der Waals surface area contributed by atoms with E-state index < -0.39 is 0 Å². The van der Waals surface area contributed by atoms with E-state index in [0.29, 0.717) is 12.1 Å². The summed E-state index contributed by atoms with van der Waals surface area (Å²) in [6, 6.07) is 1.04. The first-order chi connectivity index (χ1) is 9.56. The molecule has 2 heterocycles. The van der Waals surface area contributed by atoms with Crippen molar-refractivity contribution in [2.45, 2.75) is 45.3 Å². The lowest BCUT2D eigenvalue weighted by atomic mass is 10.0. The van der Waals surface area contributed by atoms with Crippen molar-refractivity contribution in [1.82, 2.24) is 20.2 Å². The first-order valence-electron chi connectivity index (χ1n) is 7.52. The number of hydrogen-bond donors (Lipinski definition) is 1. The van der Waals surface area contributed by atoms with Gasteiger partial charge < -0.3 is 15.1 Å². The minimum Gasteiger partial charge on any atom is -0.341 e. The predicted molar refractivity (Wildman–Crippen MR) is 82.9 cm³/mol. The minimum absolute atomic E-state index is 0.483. The molecule has 1 N–H and O–H groups in total. The molecule has 0 aromatic carbocycles. The van der Waals surface area contributed by atoms with Gasteiger partial charge in [0.05, 0.1) is 0 Å². The molecular formula is C15H27N5. The van der Waals surface area contributed by atoms with Gasteiger partial charge in [0.1, 0.15) is 0 Å². The number of likely N-dealkylation sites (tertiary alicyclic amines) is 1. The fraction of sp³-hybridized carbons (Fsp3) is 0.733. The Bertz CT molecular complexity index is 395. The Morgan fingerprint density at radius 2 is 1.90 bits per heavy atom. The zero-order valence-electron chi connectivity index (χ0n) is 13.1. The van der Waals surface area contributed by atoms with Gasteiger partial charge in [0.2, 0.25) is 5.95 Å². The molecule has 1 aromatic heterocycles. The van der Waals surface area contributed by atoms with E-state index in [9.17, 15) is 0 Å². The Morgan fingerprint density at radius 1 is 1.30 bits per heavy atom. The van der Waals surface area contributed by atoms with E-state index in [4.69, 9.17) is 0 Å². The van der Waals surface area contributed by atoms with Crippen LogP contribution in [0.5, 0.6) is 0 Å². The Kier molecular flexibility index (Phi) is 5.31. The third-order valence-electron chi connectivity index (χ3n) is 3.96. The molecule has 0 radical (unpaired) electrons. The summed E-state index contributed by atoms with van der Waals surface area (Å²) in [6.07, 6.45) is 6.24. The van der Waals surface area contributed by atoms with Crippen molar-refractivity contribution in [3.05, 3.63) is 18.0 Å². The lowest BCUT2D eigenvalue weighted by Gasteiger charge is -2.35. The van der Waals surface area contributed by atoms with Gasteiger partial charge in [-0.3, -0.25) is 0 Å². The standard InChI is InChI=1S/C15H27N5/c1-12(2)16-9-13-10-17-15(18-11-13)20(4)14-5-7-19(3)8-6-14/h10-12,14,16H,5-9H2,1-4H3. The van der Waals surface area contributed by atoms with Crippen LogP contribution in [-0.2, 0) is 6.54 Å². The highest BCUT2D eigenvalue weighted by molar-refractivity contribution is 5.30. The molecule has 0 aliphatic carbocycles. The number of nitrogens with one attached hydrogen (secondary N) is 1. The van der Waals surface area contributed by atoms with Crippen LogP contribution < -0.4 is 10.2 Å². The molecule has 5 nitrogen and oxygen atoms in total. The van der Waals surface area contributed by atoms with Crippen LogP contribution in [0, 0.1) is 0 Å². The molecule has 20 heavy (non-hydrogen) atoms. The molecule has 0 spiro atoms. The molecule has 0 bridgehead atoms. The lowest BCUT2D eigenvalue weighted by Crippen LogP contribution is -2.42. The van der Waals surface area contributed by atoms with Gasteiger partial charge in [-0.25, -0.2) is 9.97 Å². The number of rotatable bonds is 5. The second-order valence-electron chi connectivity index (χ2n) is 6.07. The van der Waals surface area contributed by atoms with Crippen molar-refractivity contribution in [2.24, 2.45) is 0 Å². The van der Waals surface area contributed by atoms with Gasteiger partial charge in [-0.05, 0) is 33.0 Å². The van der Waals surface area contributed by atoms with E-state index in [0.717, 1.165) is 31.1 Å². The van der Waals surface area contributed by atoms with Crippen LogP contribution in [0.15, 0.2) is 12.4 Å². The maximum Gasteiger partial charge on any atom is 0.225 e. The topological polar surface area (TPSA) is 44.3 Å². The summed E-state index contributed by atoms with van der Waals surface area (Å²) in [7, 11) is 4.29. The van der Waals surface area contributed by atoms with Crippen LogP contribution in [0.4, 0.5) is 5.95 Å². The van der Waals surface area contributed by atoms with Gasteiger partial charge in [-0.2, -0.15) is 0 Å². The summed E-state index contributed by atoms with van der Waals surface area (Å²) in [5, 5.41) is 3.38. The second-order valence-corrected chi connectivity index (χ2v) is 6.07. The second kappa shape index (κ2) is 6.99. The van der Waals surface area contributed by atoms with Crippen molar-refractivity contribution in [2.75, 3.05) is 32.1 Å². The maximum atomic E-state index is 4.51. The van der Waals surface area contributed by atoms with Gasteiger partial charge >= 0.3 is 0 Å². The van der Waals surface area contributed by atoms with Crippen molar-refractivity contribution in [3.63, 3.8) is 0 Å². The van der Waals surface area contributed by atoms with Crippen molar-refractivity contribution in [1.29, 1.82) is 0 Å². The van der Waals surface area contributed by atoms with Gasteiger partial charge in [-0.15, -0.1) is 0 Å². The quantitative estimate of drug-likeness (QED) is 0.884. The summed E-state index contributed by atoms with van der Waals surface area (Å²) in [6.45, 7) is 7.43. The van der Waals surface area contributed by atoms with Crippen LogP contribution >= 0.6 is 0 Å². The van der Waals surface area contributed by atoms with Crippen LogP contribution in [0.3, 0.4) is 0 Å². The summed E-state index contributed by atoms with van der Waals surface area (Å²) in [4.78, 5) is 13.6. The maximum absolute atomic E-state index is 4.51. The minimum atomic E-state index is 0.483. The molecule has 0 amide bonds. The molecule has 5 heteroatoms. The number of hydrogen-bond acceptors (Lipinski definition) is 5. The van der Waals surface area contributed by atoms with Crippen LogP contribution in [0.1, 0.15) is 32.3 Å². The highest BCUT2D eigenvalue weighted by atomic mass is 15.3. The zero-order valence-corrected chi connectivity index (χ0v) is 13.1. The number of nitrogens with zero attached hydrogens (tertiary/aromatic N) is 4. The summed E-state index contributed by atoms with van der Waals surface area (Å²) >= 11 is 0. The average molecular weight is 277 g/mol. The Morgan fingerprint density at radius 3 is 2.45 bits per heavy atom. The number of aromatic nitrogens is 2. The molecule has 2 rings (SSSR count). The first-order valence-corrected chi connectivity index (χ1v) is 7.52. The van der Waals surface area contributed by atoms with E-state index >= 15 is 0 Å². The van der Waals surface area contributed by atoms with Gasteiger partial charge in [-0.1, -0.05) is 13.8 Å². The zero-order chi connectivity index (χ0) is 14.5. The first kappa shape index (κ1) is 15.2. The van der Waals surface area contributed by atoms with E-state index in [2.05, 4.69) is 53.0 Å². The summed E-state index contributed by atoms with van der Waals surface area (Å²) < 4.78 is 0. The van der Waals surface area contributed by atoms with E-state index in [1.165, 1.54) is 12.8 Å². The Hall–Kier alpha value is -1.20. The Labute approximate surface area is 122 Å². The highest BCUT2D eigenvalue weighted by Crippen LogP contribution is 2.18. The number of piperidine rings is 1. The smallest absolute Gasteiger partial charge is 0.225 e. The van der Waals surface area contributed by atoms with Crippen LogP contribution in [0.2, 0.25) is 0 Å². The van der Waals surface area contributed by atoms with Gasteiger partial charge in [0, 0.05) is 43.6 Å². The molecular weight excluding hydrogens is 250 g/mol. The van der Waals surface area contributed by atoms with E-state index in [1.54, 1.807) is 0 Å². The molecule has 0 unspecified atom stereocenters. The molecule has 112 valence electrons.